The summed E-state index contributed by atoms with van der Waals surface area (Å²) in [5.74, 6) is 0.222. The van der Waals surface area contributed by atoms with Gasteiger partial charge in [0.25, 0.3) is 0 Å². The summed E-state index contributed by atoms with van der Waals surface area (Å²) in [5, 5.41) is 19.8. The second kappa shape index (κ2) is 8.19. The third-order valence-corrected chi connectivity index (χ3v) is 5.20. The number of nitrogens with one attached hydrogen (secondary N) is 1. The van der Waals surface area contributed by atoms with Gasteiger partial charge < -0.3 is 5.32 Å². The molecule has 0 aliphatic rings. The summed E-state index contributed by atoms with van der Waals surface area (Å²) < 4.78 is 2.79. The van der Waals surface area contributed by atoms with Crippen LogP contribution in [0.3, 0.4) is 0 Å². The number of nitrogens with zero attached hydrogens (tertiary/aromatic N) is 6. The van der Waals surface area contributed by atoms with E-state index in [1.807, 2.05) is 74.0 Å². The zero-order valence-electron chi connectivity index (χ0n) is 16.8. The van der Waals surface area contributed by atoms with Crippen LogP contribution in [0, 0.1) is 20.8 Å². The Morgan fingerprint density at radius 1 is 1.00 bits per heavy atom. The lowest BCUT2D eigenvalue weighted by Gasteiger charge is -2.07. The highest BCUT2D eigenvalue weighted by molar-refractivity contribution is 9.10. The zero-order valence-corrected chi connectivity index (χ0v) is 18.4. The molecule has 0 aliphatic carbocycles. The van der Waals surface area contributed by atoms with E-state index in [1.54, 1.807) is 0 Å². The van der Waals surface area contributed by atoms with Crippen molar-refractivity contribution in [2.24, 2.45) is 0 Å². The molecule has 0 atom stereocenters. The summed E-state index contributed by atoms with van der Waals surface area (Å²) in [6.45, 7) is 5.79. The van der Waals surface area contributed by atoms with Crippen LogP contribution in [-0.2, 0) is 11.3 Å². The van der Waals surface area contributed by atoms with Gasteiger partial charge in [0.15, 0.2) is 0 Å². The number of aromatic nitrogens is 6. The van der Waals surface area contributed by atoms with Gasteiger partial charge in [0.05, 0.1) is 22.8 Å². The van der Waals surface area contributed by atoms with Gasteiger partial charge in [-0.2, -0.15) is 9.90 Å². The molecule has 2 aromatic heterocycles. The molecule has 0 bridgehead atoms. The lowest BCUT2D eigenvalue weighted by atomic mass is 10.2. The number of hydrogen-bond acceptors (Lipinski definition) is 5. The lowest BCUT2D eigenvalue weighted by Crippen LogP contribution is -2.21. The average molecular weight is 466 g/mol. The molecule has 2 heterocycles. The molecule has 2 aromatic carbocycles. The quantitative estimate of drug-likeness (QED) is 0.483. The van der Waals surface area contributed by atoms with Crippen molar-refractivity contribution in [1.29, 1.82) is 0 Å². The fourth-order valence-corrected chi connectivity index (χ4v) is 3.36. The predicted octanol–water partition coefficient (Wildman–Crippen LogP) is 3.85. The van der Waals surface area contributed by atoms with Crippen LogP contribution in [0.5, 0.6) is 0 Å². The molecule has 0 fully saturated rings. The molecule has 30 heavy (non-hydrogen) atoms. The van der Waals surface area contributed by atoms with Gasteiger partial charge in [0, 0.05) is 10.0 Å². The van der Waals surface area contributed by atoms with E-state index >= 15 is 0 Å². The molecular formula is C21H20BrN7O. The third-order valence-electron chi connectivity index (χ3n) is 4.67. The van der Waals surface area contributed by atoms with Crippen LogP contribution in [-0.4, -0.2) is 35.9 Å². The molecule has 4 aromatic rings. The Labute approximate surface area is 182 Å². The number of hydrogen-bond donors (Lipinski definition) is 1. The van der Waals surface area contributed by atoms with Gasteiger partial charge in [-0.15, -0.1) is 10.2 Å². The highest BCUT2D eigenvalue weighted by atomic mass is 79.9. The molecule has 9 heteroatoms. The number of halogens is 1. The number of benzene rings is 2. The summed E-state index contributed by atoms with van der Waals surface area (Å²) in [5.41, 5.74) is 5.23. The minimum absolute atomic E-state index is 0.0435. The van der Waals surface area contributed by atoms with Crippen LogP contribution in [0.1, 0.15) is 17.0 Å². The topological polar surface area (TPSA) is 90.5 Å². The predicted molar refractivity (Wildman–Crippen MR) is 117 cm³/mol. The SMILES string of the molecule is Cc1ccc(-n2nc(C)c(NC(=O)Cn3nnc(-c4ccc(Br)cc4)n3)c2C)cc1. The van der Waals surface area contributed by atoms with Crippen molar-refractivity contribution >= 4 is 27.5 Å². The normalized spacial score (nSPS) is 10.9. The largest absolute Gasteiger partial charge is 0.321 e. The Hall–Kier alpha value is -3.33. The molecule has 0 aliphatic heterocycles. The molecule has 1 N–H and O–H groups in total. The number of carbonyl (C=O) groups excluding carboxylic acids is 1. The number of rotatable bonds is 5. The molecule has 0 saturated heterocycles. The molecule has 0 spiro atoms. The van der Waals surface area contributed by atoms with Crippen LogP contribution in [0.15, 0.2) is 53.0 Å². The minimum atomic E-state index is -0.246. The van der Waals surface area contributed by atoms with E-state index in [2.05, 4.69) is 41.8 Å². The van der Waals surface area contributed by atoms with Crippen LogP contribution < -0.4 is 5.32 Å². The van der Waals surface area contributed by atoms with Crippen molar-refractivity contribution in [2.45, 2.75) is 27.3 Å². The molecule has 0 radical (unpaired) electrons. The third kappa shape index (κ3) is 4.16. The minimum Gasteiger partial charge on any atom is -0.321 e. The van der Waals surface area contributed by atoms with E-state index < -0.39 is 0 Å². The maximum atomic E-state index is 12.6. The van der Waals surface area contributed by atoms with E-state index in [0.717, 1.165) is 27.1 Å². The maximum Gasteiger partial charge on any atom is 0.248 e. The zero-order chi connectivity index (χ0) is 21.3. The Kier molecular flexibility index (Phi) is 5.45. The highest BCUT2D eigenvalue weighted by Crippen LogP contribution is 2.23. The first-order valence-electron chi connectivity index (χ1n) is 9.37. The van der Waals surface area contributed by atoms with Crippen LogP contribution in [0.25, 0.3) is 17.1 Å². The number of tetrazole rings is 1. The average Bonchev–Trinajstić information content (AvgIpc) is 3.29. The van der Waals surface area contributed by atoms with Crippen LogP contribution >= 0.6 is 15.9 Å². The van der Waals surface area contributed by atoms with Crippen LogP contribution in [0.4, 0.5) is 5.69 Å². The van der Waals surface area contributed by atoms with Crippen LogP contribution in [0.2, 0.25) is 0 Å². The molecule has 4 rings (SSSR count). The van der Waals surface area contributed by atoms with E-state index in [4.69, 9.17) is 0 Å². The Morgan fingerprint density at radius 2 is 1.70 bits per heavy atom. The van der Waals surface area contributed by atoms with E-state index in [9.17, 15) is 4.79 Å². The fourth-order valence-electron chi connectivity index (χ4n) is 3.09. The first-order valence-corrected chi connectivity index (χ1v) is 10.2. The van der Waals surface area contributed by atoms with Gasteiger partial charge in [-0.25, -0.2) is 4.68 Å². The number of amides is 1. The summed E-state index contributed by atoms with van der Waals surface area (Å²) in [4.78, 5) is 13.9. The van der Waals surface area contributed by atoms with Crippen molar-refractivity contribution in [2.75, 3.05) is 5.32 Å². The van der Waals surface area contributed by atoms with Crippen molar-refractivity contribution in [3.05, 3.63) is 70.0 Å². The van der Waals surface area contributed by atoms with Gasteiger partial charge in [-0.3, -0.25) is 4.79 Å². The molecular weight excluding hydrogens is 446 g/mol. The van der Waals surface area contributed by atoms with Gasteiger partial charge in [-0.05, 0) is 62.4 Å². The first kappa shape index (κ1) is 20.0. The van der Waals surface area contributed by atoms with Crippen molar-refractivity contribution < 1.29 is 4.79 Å². The number of carbonyl (C=O) groups is 1. The van der Waals surface area contributed by atoms with Gasteiger partial charge >= 0.3 is 0 Å². The monoisotopic (exact) mass is 465 g/mol. The molecule has 1 amide bonds. The lowest BCUT2D eigenvalue weighted by molar-refractivity contribution is -0.117. The smallest absolute Gasteiger partial charge is 0.248 e. The molecule has 0 saturated carbocycles. The van der Waals surface area contributed by atoms with Gasteiger partial charge in [0.1, 0.15) is 6.54 Å². The molecule has 8 nitrogen and oxygen atoms in total. The van der Waals surface area contributed by atoms with Crippen molar-refractivity contribution in [3.8, 4) is 17.1 Å². The number of anilines is 1. The first-order chi connectivity index (χ1) is 14.4. The van der Waals surface area contributed by atoms with Crippen molar-refractivity contribution in [1.82, 2.24) is 30.0 Å². The second-order valence-corrected chi connectivity index (χ2v) is 7.91. The Bertz CT molecular complexity index is 1190. The Morgan fingerprint density at radius 3 is 2.40 bits per heavy atom. The standard InChI is InChI=1S/C21H20BrN7O/c1-13-4-10-18(11-5-13)29-15(3)20(14(2)25-29)23-19(30)12-28-26-21(24-27-28)16-6-8-17(22)9-7-16/h4-11H,12H2,1-3H3,(H,23,30). The second-order valence-electron chi connectivity index (χ2n) is 6.99. The molecule has 0 unspecified atom stereocenters. The summed E-state index contributed by atoms with van der Waals surface area (Å²) in [6, 6.07) is 15.6. The van der Waals surface area contributed by atoms with Gasteiger partial charge in [-0.1, -0.05) is 33.6 Å². The summed E-state index contributed by atoms with van der Waals surface area (Å²) >= 11 is 3.40. The fraction of sp³-hybridized carbons (Fsp3) is 0.190. The number of aryl methyl sites for hydroxylation is 2. The summed E-state index contributed by atoms with van der Waals surface area (Å²) in [7, 11) is 0. The van der Waals surface area contributed by atoms with Crippen molar-refractivity contribution in [3.63, 3.8) is 0 Å². The summed E-state index contributed by atoms with van der Waals surface area (Å²) in [6.07, 6.45) is 0. The van der Waals surface area contributed by atoms with E-state index in [-0.39, 0.29) is 12.5 Å². The van der Waals surface area contributed by atoms with E-state index in [1.165, 1.54) is 10.4 Å². The Balaban J connectivity index is 1.48. The highest BCUT2D eigenvalue weighted by Gasteiger charge is 2.16. The molecule has 152 valence electrons. The maximum absolute atomic E-state index is 12.6. The van der Waals surface area contributed by atoms with Gasteiger partial charge in [0.2, 0.25) is 11.7 Å². The van der Waals surface area contributed by atoms with E-state index in [0.29, 0.717) is 11.5 Å².